The van der Waals surface area contributed by atoms with Crippen LogP contribution in [0, 0.1) is 13.8 Å². The average Bonchev–Trinajstić information content (AvgIpc) is 2.18. The molecule has 1 aromatic heterocycles. The van der Waals surface area contributed by atoms with E-state index in [9.17, 15) is 9.59 Å². The molecule has 0 spiro atoms. The van der Waals surface area contributed by atoms with Crippen LogP contribution in [0.15, 0.2) is 6.20 Å². The van der Waals surface area contributed by atoms with E-state index in [2.05, 4.69) is 20.8 Å². The number of nitrogens with zero attached hydrogens (tertiary/aromatic N) is 2. The smallest absolute Gasteiger partial charge is 0.277 e. The minimum absolute atomic E-state index is 0.256. The summed E-state index contributed by atoms with van der Waals surface area (Å²) in [6, 6.07) is 0. The van der Waals surface area contributed by atoms with Crippen molar-refractivity contribution in [3.63, 3.8) is 0 Å². The predicted octanol–water partition coefficient (Wildman–Crippen LogP) is -0.516. The van der Waals surface area contributed by atoms with Crippen molar-refractivity contribution in [2.45, 2.75) is 13.8 Å². The second-order valence-corrected chi connectivity index (χ2v) is 2.67. The molecule has 0 aliphatic heterocycles. The lowest BCUT2D eigenvalue weighted by Gasteiger charge is -2.04. The zero-order valence-electron chi connectivity index (χ0n) is 7.87. The fourth-order valence-electron chi connectivity index (χ4n) is 0.914. The number of rotatable bonds is 3. The Morgan fingerprint density at radius 3 is 2.86 bits per heavy atom. The van der Waals surface area contributed by atoms with Gasteiger partial charge in [-0.25, -0.2) is 9.97 Å². The first-order valence-electron chi connectivity index (χ1n) is 3.95. The normalized spacial score (nSPS) is 9.29. The fraction of sp³-hybridized carbons (Fsp3) is 0.250. The zero-order chi connectivity index (χ0) is 10.6. The molecule has 14 heavy (non-hydrogen) atoms. The van der Waals surface area contributed by atoms with Gasteiger partial charge in [-0.3, -0.25) is 20.4 Å². The van der Waals surface area contributed by atoms with E-state index in [4.69, 9.17) is 0 Å². The summed E-state index contributed by atoms with van der Waals surface area (Å²) in [6.07, 6.45) is 1.93. The van der Waals surface area contributed by atoms with Crippen molar-refractivity contribution in [1.29, 1.82) is 0 Å². The van der Waals surface area contributed by atoms with Crippen molar-refractivity contribution in [1.82, 2.24) is 20.8 Å². The van der Waals surface area contributed by atoms with Crippen molar-refractivity contribution in [3.8, 4) is 0 Å². The highest BCUT2D eigenvalue weighted by atomic mass is 16.2. The van der Waals surface area contributed by atoms with Gasteiger partial charge in [-0.1, -0.05) is 0 Å². The van der Waals surface area contributed by atoms with Gasteiger partial charge in [0.1, 0.15) is 11.5 Å². The molecule has 0 atom stereocenters. The van der Waals surface area contributed by atoms with Crippen molar-refractivity contribution in [2.24, 2.45) is 0 Å². The molecule has 0 aliphatic carbocycles. The third-order valence-electron chi connectivity index (χ3n) is 1.55. The molecule has 6 heteroatoms. The number of hydrazine groups is 1. The highest BCUT2D eigenvalue weighted by Crippen LogP contribution is 2.02. The molecule has 1 rings (SSSR count). The summed E-state index contributed by atoms with van der Waals surface area (Å²) in [5.74, 6) is 0.0481. The second-order valence-electron chi connectivity index (χ2n) is 2.67. The van der Waals surface area contributed by atoms with Crippen LogP contribution >= 0.6 is 0 Å². The van der Waals surface area contributed by atoms with E-state index in [-0.39, 0.29) is 5.69 Å². The predicted molar refractivity (Wildman–Crippen MR) is 48.2 cm³/mol. The molecule has 0 unspecified atom stereocenters. The van der Waals surface area contributed by atoms with Gasteiger partial charge in [0, 0.05) is 6.20 Å². The van der Waals surface area contributed by atoms with Gasteiger partial charge in [0.2, 0.25) is 6.41 Å². The van der Waals surface area contributed by atoms with Crippen molar-refractivity contribution < 1.29 is 9.59 Å². The molecule has 1 heterocycles. The molecule has 0 radical (unpaired) electrons. The summed E-state index contributed by atoms with van der Waals surface area (Å²) < 4.78 is 0. The standard InChI is InChI=1S/C8H10N4O2/c1-5-3-9-6(2)11-7(5)8(14)12-10-4-13/h3-4H,1-2H3,(H,10,13)(H,12,14). The summed E-state index contributed by atoms with van der Waals surface area (Å²) in [7, 11) is 0. The van der Waals surface area contributed by atoms with Gasteiger partial charge in [0.05, 0.1) is 0 Å². The molecule has 2 amide bonds. The largest absolute Gasteiger partial charge is 0.288 e. The van der Waals surface area contributed by atoms with Gasteiger partial charge in [-0.2, -0.15) is 0 Å². The number of carbonyl (C=O) groups is 2. The lowest BCUT2D eigenvalue weighted by Crippen LogP contribution is -2.37. The number of nitrogens with one attached hydrogen (secondary N) is 2. The highest BCUT2D eigenvalue weighted by Gasteiger charge is 2.10. The molecule has 0 bridgehead atoms. The Morgan fingerprint density at radius 2 is 2.21 bits per heavy atom. The SMILES string of the molecule is Cc1ncc(C)c(C(=O)NNC=O)n1. The molecule has 0 aromatic carbocycles. The van der Waals surface area contributed by atoms with Crippen LogP contribution < -0.4 is 10.9 Å². The molecule has 0 saturated carbocycles. The second kappa shape index (κ2) is 4.31. The van der Waals surface area contributed by atoms with Crippen molar-refractivity contribution in [2.75, 3.05) is 0 Å². The van der Waals surface area contributed by atoms with E-state index in [1.165, 1.54) is 0 Å². The van der Waals surface area contributed by atoms with Crippen LogP contribution in [0.25, 0.3) is 0 Å². The monoisotopic (exact) mass is 194 g/mol. The fourth-order valence-corrected chi connectivity index (χ4v) is 0.914. The lowest BCUT2D eigenvalue weighted by atomic mass is 10.2. The van der Waals surface area contributed by atoms with Crippen LogP contribution in [0.3, 0.4) is 0 Å². The Kier molecular flexibility index (Phi) is 3.11. The van der Waals surface area contributed by atoms with Crippen LogP contribution in [-0.4, -0.2) is 22.3 Å². The minimum Gasteiger partial charge on any atom is -0.277 e. The summed E-state index contributed by atoms with van der Waals surface area (Å²) >= 11 is 0. The van der Waals surface area contributed by atoms with E-state index in [0.717, 1.165) is 0 Å². The van der Waals surface area contributed by atoms with Gasteiger partial charge < -0.3 is 0 Å². The third kappa shape index (κ3) is 2.25. The van der Waals surface area contributed by atoms with Crippen molar-refractivity contribution >= 4 is 12.3 Å². The van der Waals surface area contributed by atoms with Crippen LogP contribution in [0.5, 0.6) is 0 Å². The van der Waals surface area contributed by atoms with Gasteiger partial charge in [0.15, 0.2) is 0 Å². The van der Waals surface area contributed by atoms with E-state index in [0.29, 0.717) is 17.8 Å². The maximum atomic E-state index is 11.4. The average molecular weight is 194 g/mol. The minimum atomic E-state index is -0.458. The molecule has 6 nitrogen and oxygen atoms in total. The molecule has 0 aliphatic rings. The first kappa shape index (κ1) is 10.1. The summed E-state index contributed by atoms with van der Waals surface area (Å²) in [4.78, 5) is 29.2. The van der Waals surface area contributed by atoms with Gasteiger partial charge in [-0.15, -0.1) is 0 Å². The Morgan fingerprint density at radius 1 is 1.50 bits per heavy atom. The Balaban J connectivity index is 2.88. The first-order chi connectivity index (χ1) is 6.65. The van der Waals surface area contributed by atoms with Crippen LogP contribution in [0.2, 0.25) is 0 Å². The molecule has 0 saturated heterocycles. The van der Waals surface area contributed by atoms with E-state index in [1.54, 1.807) is 20.0 Å². The third-order valence-corrected chi connectivity index (χ3v) is 1.55. The zero-order valence-corrected chi connectivity index (χ0v) is 7.87. The maximum Gasteiger partial charge on any atom is 0.288 e. The van der Waals surface area contributed by atoms with E-state index in [1.807, 2.05) is 0 Å². The molecule has 74 valence electrons. The maximum absolute atomic E-state index is 11.4. The van der Waals surface area contributed by atoms with E-state index < -0.39 is 5.91 Å². The molecule has 1 aromatic rings. The Bertz CT molecular complexity index is 364. The summed E-state index contributed by atoms with van der Waals surface area (Å²) in [5.41, 5.74) is 5.13. The first-order valence-corrected chi connectivity index (χ1v) is 3.95. The molecule has 0 fully saturated rings. The van der Waals surface area contributed by atoms with Gasteiger partial charge in [-0.05, 0) is 19.4 Å². The number of hydrogen-bond acceptors (Lipinski definition) is 4. The van der Waals surface area contributed by atoms with Gasteiger partial charge >= 0.3 is 0 Å². The van der Waals surface area contributed by atoms with Crippen LogP contribution in [0.1, 0.15) is 21.9 Å². The lowest BCUT2D eigenvalue weighted by molar-refractivity contribution is -0.110. The number of carbonyl (C=O) groups excluding carboxylic acids is 2. The quantitative estimate of drug-likeness (QED) is 0.501. The number of aryl methyl sites for hydroxylation is 2. The Labute approximate surface area is 80.7 Å². The van der Waals surface area contributed by atoms with Gasteiger partial charge in [0.25, 0.3) is 5.91 Å². The number of amides is 2. The number of aromatic nitrogens is 2. The molecule has 2 N–H and O–H groups in total. The summed E-state index contributed by atoms with van der Waals surface area (Å²) in [5, 5.41) is 0. The highest BCUT2D eigenvalue weighted by molar-refractivity contribution is 5.93. The summed E-state index contributed by atoms with van der Waals surface area (Å²) in [6.45, 7) is 3.40. The van der Waals surface area contributed by atoms with Crippen molar-refractivity contribution in [3.05, 3.63) is 23.3 Å². The van der Waals surface area contributed by atoms with E-state index >= 15 is 0 Å². The van der Waals surface area contributed by atoms with Crippen LogP contribution in [0.4, 0.5) is 0 Å². The Hall–Kier alpha value is -1.98. The number of hydrogen-bond donors (Lipinski definition) is 2. The molecular weight excluding hydrogens is 184 g/mol. The molecular formula is C8H10N4O2. The van der Waals surface area contributed by atoms with Crippen LogP contribution in [-0.2, 0) is 4.79 Å². The topological polar surface area (TPSA) is 84.0 Å².